The Kier molecular flexibility index (Phi) is 8.70. The zero-order valence-electron chi connectivity index (χ0n) is 23.6. The summed E-state index contributed by atoms with van der Waals surface area (Å²) in [5, 5.41) is 1.40. The molecule has 1 aliphatic rings. The number of Topliss-reactive ketones (excluding diaryl/α,β-unsaturated/α-hetero) is 1. The van der Waals surface area contributed by atoms with E-state index in [-0.39, 0.29) is 11.7 Å². The molecule has 2 atom stereocenters. The van der Waals surface area contributed by atoms with Gasteiger partial charge in [-0.2, -0.15) is 0 Å². The van der Waals surface area contributed by atoms with Crippen LogP contribution in [0.3, 0.4) is 0 Å². The van der Waals surface area contributed by atoms with E-state index in [4.69, 9.17) is 16.6 Å². The van der Waals surface area contributed by atoms with Crippen LogP contribution in [0.2, 0.25) is 16.1 Å². The topological polar surface area (TPSA) is 38.1 Å². The molecule has 2 heterocycles. The van der Waals surface area contributed by atoms with Gasteiger partial charge in [0, 0.05) is 42.2 Å². The van der Waals surface area contributed by atoms with Crippen LogP contribution in [0.15, 0.2) is 79.1 Å². The van der Waals surface area contributed by atoms with E-state index in [1.54, 1.807) is 6.20 Å². The molecule has 6 heteroatoms. The predicted molar refractivity (Wildman–Crippen MR) is 165 cm³/mol. The van der Waals surface area contributed by atoms with E-state index < -0.39 is 8.96 Å². The molecule has 0 amide bonds. The lowest BCUT2D eigenvalue weighted by Gasteiger charge is -2.29. The molecule has 0 N–H and O–H groups in total. The smallest absolute Gasteiger partial charge is 0.168 e. The van der Waals surface area contributed by atoms with Crippen LogP contribution in [0.5, 0.6) is 0 Å². The van der Waals surface area contributed by atoms with Crippen molar-refractivity contribution in [3.8, 4) is 0 Å². The fourth-order valence-electron chi connectivity index (χ4n) is 6.67. The molecule has 39 heavy (non-hydrogen) atoms. The molecule has 2 aromatic heterocycles. The third-order valence-electron chi connectivity index (χ3n) is 8.38. The number of benzene rings is 2. The average Bonchev–Trinajstić information content (AvgIpc) is 3.57. The first kappa shape index (κ1) is 27.8. The van der Waals surface area contributed by atoms with Gasteiger partial charge in [0.15, 0.2) is 14.7 Å². The molecule has 204 valence electrons. The molecule has 4 aromatic rings. The van der Waals surface area contributed by atoms with E-state index in [1.807, 2.05) is 0 Å². The number of carbonyl (C=O) groups is 1. The van der Waals surface area contributed by atoms with Gasteiger partial charge in [0.2, 0.25) is 0 Å². The third-order valence-corrected chi connectivity index (χ3v) is 12.5. The second-order valence-corrected chi connectivity index (χ2v) is 16.4. The summed E-state index contributed by atoms with van der Waals surface area (Å²) in [5.74, 6) is 0.151. The van der Waals surface area contributed by atoms with Crippen LogP contribution < -0.4 is 0 Å². The lowest BCUT2D eigenvalue weighted by Crippen LogP contribution is -2.33. The molecule has 0 saturated heterocycles. The van der Waals surface area contributed by atoms with Crippen LogP contribution in [0, 0.1) is 5.92 Å². The summed E-state index contributed by atoms with van der Waals surface area (Å²) in [6, 6.07) is 23.7. The summed E-state index contributed by atoms with van der Waals surface area (Å²) < 4.78 is 2.39. The van der Waals surface area contributed by atoms with Gasteiger partial charge >= 0.3 is 0 Å². The molecule has 4 nitrogen and oxygen atoms in total. The number of rotatable bonds is 10. The van der Waals surface area contributed by atoms with E-state index in [0.29, 0.717) is 27.7 Å². The number of halogens is 1. The number of carbonyl (C=O) groups excluding carboxylic acids is 1. The quantitative estimate of drug-likeness (QED) is 0.146. The Morgan fingerprint density at radius 1 is 0.949 bits per heavy atom. The number of hydrogen-bond acceptors (Lipinski definition) is 3. The van der Waals surface area contributed by atoms with Crippen molar-refractivity contribution in [3.63, 3.8) is 0 Å². The highest BCUT2D eigenvalue weighted by Crippen LogP contribution is 2.37. The summed E-state index contributed by atoms with van der Waals surface area (Å²) in [4.78, 5) is 21.4. The Morgan fingerprint density at radius 2 is 1.54 bits per heavy atom. The number of fused-ring (bicyclic) bond motifs is 1. The van der Waals surface area contributed by atoms with Crippen LogP contribution in [0.25, 0.3) is 11.0 Å². The highest BCUT2D eigenvalue weighted by molar-refractivity contribution is 6.61. The first-order valence-corrected chi connectivity index (χ1v) is 16.6. The molecular formula is C33H40ClN3OSi. The SMILES string of the molecule is CC(C)[SiH](C(C)C)n1ccc2c(C(=O)C3CC[C@H](N(Cc4ccccc4)Cc4ccccc4)C3)c(Cl)cnc21. The molecule has 0 bridgehead atoms. The Morgan fingerprint density at radius 3 is 2.10 bits per heavy atom. The minimum atomic E-state index is -1.33. The Hall–Kier alpha value is -2.73. The van der Waals surface area contributed by atoms with Gasteiger partial charge in [0.05, 0.1) is 5.02 Å². The predicted octanol–water partition coefficient (Wildman–Crippen LogP) is 8.14. The molecule has 5 rings (SSSR count). The zero-order chi connectivity index (χ0) is 27.5. The first-order valence-electron chi connectivity index (χ1n) is 14.3. The zero-order valence-corrected chi connectivity index (χ0v) is 25.5. The molecule has 0 radical (unpaired) electrons. The highest BCUT2D eigenvalue weighted by atomic mass is 35.5. The van der Waals surface area contributed by atoms with Crippen LogP contribution in [0.4, 0.5) is 0 Å². The van der Waals surface area contributed by atoms with Crippen LogP contribution >= 0.6 is 11.6 Å². The lowest BCUT2D eigenvalue weighted by molar-refractivity contribution is 0.0913. The second-order valence-electron chi connectivity index (χ2n) is 11.8. The van der Waals surface area contributed by atoms with Crippen molar-refractivity contribution in [2.75, 3.05) is 0 Å². The summed E-state index contributed by atoms with van der Waals surface area (Å²) >= 11 is 6.71. The van der Waals surface area contributed by atoms with Crippen molar-refractivity contribution in [2.45, 2.75) is 77.2 Å². The van der Waals surface area contributed by atoms with Crippen molar-refractivity contribution < 1.29 is 4.79 Å². The van der Waals surface area contributed by atoms with E-state index in [2.05, 4.69) is 110 Å². The van der Waals surface area contributed by atoms with Crippen LogP contribution in [-0.2, 0) is 13.1 Å². The average molecular weight is 558 g/mol. The number of aromatic nitrogens is 2. The number of ketones is 1. The van der Waals surface area contributed by atoms with Gasteiger partial charge in [0.25, 0.3) is 0 Å². The van der Waals surface area contributed by atoms with Crippen LogP contribution in [0.1, 0.15) is 68.4 Å². The van der Waals surface area contributed by atoms with Crippen LogP contribution in [-0.4, -0.2) is 34.9 Å². The molecule has 1 unspecified atom stereocenters. The molecule has 1 fully saturated rings. The van der Waals surface area contributed by atoms with Gasteiger partial charge in [-0.25, -0.2) is 4.98 Å². The van der Waals surface area contributed by atoms with E-state index >= 15 is 0 Å². The van der Waals surface area contributed by atoms with Gasteiger partial charge in [-0.3, -0.25) is 9.69 Å². The molecular weight excluding hydrogens is 518 g/mol. The van der Waals surface area contributed by atoms with Gasteiger partial charge < -0.3 is 4.23 Å². The molecule has 0 aliphatic heterocycles. The summed E-state index contributed by atoms with van der Waals surface area (Å²) in [5.41, 5.74) is 5.38. The molecule has 1 saturated carbocycles. The second kappa shape index (κ2) is 12.2. The lowest BCUT2D eigenvalue weighted by atomic mass is 9.94. The number of pyridine rings is 1. The Labute approximate surface area is 239 Å². The highest BCUT2D eigenvalue weighted by Gasteiger charge is 2.36. The first-order chi connectivity index (χ1) is 18.8. The van der Waals surface area contributed by atoms with Crippen molar-refractivity contribution in [3.05, 3.63) is 101 Å². The van der Waals surface area contributed by atoms with Crippen molar-refractivity contribution in [1.29, 1.82) is 0 Å². The Bertz CT molecular complexity index is 1350. The minimum Gasteiger partial charge on any atom is -0.362 e. The maximum absolute atomic E-state index is 14.1. The number of hydrogen-bond donors (Lipinski definition) is 0. The fraction of sp³-hybridized carbons (Fsp3) is 0.394. The standard InChI is InChI=1S/C33H40ClN3OSi/c1-23(2)39(24(3)4)37-18-17-29-31(30(34)20-35-33(29)37)32(38)27-15-16-28(19-27)36(21-25-11-7-5-8-12-25)22-26-13-9-6-10-14-26/h5-14,17-18,20,23-24,27-28,39H,15-16,19,21-22H2,1-4H3/t27?,28-/m0/s1. The van der Waals surface area contributed by atoms with E-state index in [1.165, 1.54) is 11.1 Å². The van der Waals surface area contributed by atoms with Crippen molar-refractivity contribution in [2.24, 2.45) is 5.92 Å². The number of nitrogens with zero attached hydrogens (tertiary/aromatic N) is 3. The van der Waals surface area contributed by atoms with Crippen molar-refractivity contribution in [1.82, 2.24) is 14.1 Å². The largest absolute Gasteiger partial charge is 0.362 e. The Balaban J connectivity index is 1.40. The van der Waals surface area contributed by atoms with Gasteiger partial charge in [0.1, 0.15) is 5.65 Å². The molecule has 2 aromatic carbocycles. The van der Waals surface area contributed by atoms with Gasteiger partial charge in [-0.05, 0) is 53.7 Å². The molecule has 0 spiro atoms. The fourth-order valence-corrected chi connectivity index (χ4v) is 10.5. The summed E-state index contributed by atoms with van der Waals surface area (Å²) in [7, 11) is -1.33. The maximum Gasteiger partial charge on any atom is 0.168 e. The minimum absolute atomic E-state index is 0.0289. The normalized spacial score (nSPS) is 17.8. The van der Waals surface area contributed by atoms with Gasteiger partial charge in [-0.1, -0.05) is 100.0 Å². The van der Waals surface area contributed by atoms with Crippen molar-refractivity contribution >= 4 is 37.4 Å². The van der Waals surface area contributed by atoms with E-state index in [0.717, 1.165) is 43.4 Å². The third kappa shape index (κ3) is 6.06. The molecule has 1 aliphatic carbocycles. The summed E-state index contributed by atoms with van der Waals surface area (Å²) in [6.45, 7) is 11.0. The monoisotopic (exact) mass is 557 g/mol. The maximum atomic E-state index is 14.1. The summed E-state index contributed by atoms with van der Waals surface area (Å²) in [6.07, 6.45) is 6.61. The van der Waals surface area contributed by atoms with E-state index in [9.17, 15) is 4.79 Å². The van der Waals surface area contributed by atoms with Gasteiger partial charge in [-0.15, -0.1) is 0 Å².